The Labute approximate surface area is 163 Å². The summed E-state index contributed by atoms with van der Waals surface area (Å²) in [5, 5.41) is 7.12. The Morgan fingerprint density at radius 3 is 2.38 bits per heavy atom. The van der Waals surface area contributed by atoms with Crippen molar-refractivity contribution in [3.8, 4) is 11.3 Å². The molecule has 2 aromatic rings. The molecule has 0 saturated carbocycles. The monoisotopic (exact) mass is 413 g/mol. The van der Waals surface area contributed by atoms with Crippen LogP contribution in [0.15, 0.2) is 30.7 Å². The highest BCUT2D eigenvalue weighted by Crippen LogP contribution is 2.46. The van der Waals surface area contributed by atoms with Crippen molar-refractivity contribution in [1.82, 2.24) is 14.5 Å². The largest absolute Gasteiger partial charge is 0.490 e. The van der Waals surface area contributed by atoms with Crippen LogP contribution in [-0.4, -0.2) is 50.7 Å². The van der Waals surface area contributed by atoms with Crippen LogP contribution in [0.2, 0.25) is 0 Å². The first-order valence-electron chi connectivity index (χ1n) is 8.97. The molecule has 0 radical (unpaired) electrons. The third-order valence-corrected chi connectivity index (χ3v) is 5.26. The number of rotatable bonds is 1. The van der Waals surface area contributed by atoms with E-state index in [-0.39, 0.29) is 17.8 Å². The van der Waals surface area contributed by atoms with Crippen LogP contribution in [0.3, 0.4) is 0 Å². The predicted octanol–water partition coefficient (Wildman–Crippen LogP) is 3.48. The van der Waals surface area contributed by atoms with Crippen LogP contribution in [0.5, 0.6) is 0 Å². The molecule has 29 heavy (non-hydrogen) atoms. The van der Waals surface area contributed by atoms with Gasteiger partial charge in [-0.1, -0.05) is 12.1 Å². The molecule has 1 aromatic carbocycles. The van der Waals surface area contributed by atoms with Crippen LogP contribution < -0.4 is 0 Å². The van der Waals surface area contributed by atoms with Gasteiger partial charge in [0, 0.05) is 31.1 Å². The summed E-state index contributed by atoms with van der Waals surface area (Å²) in [5.41, 5.74) is 2.74. The summed E-state index contributed by atoms with van der Waals surface area (Å²) in [4.78, 5) is 26.5. The quantitative estimate of drug-likeness (QED) is 0.727. The number of aromatic nitrogens is 2. The molecule has 1 saturated heterocycles. The topological polar surface area (TPSA) is 75.4 Å². The number of piperidine rings is 1. The molecule has 1 aromatic heterocycles. The van der Waals surface area contributed by atoms with E-state index in [0.717, 1.165) is 42.8 Å². The zero-order valence-corrected chi connectivity index (χ0v) is 15.5. The van der Waals surface area contributed by atoms with E-state index in [0.29, 0.717) is 5.92 Å². The van der Waals surface area contributed by atoms with Crippen LogP contribution in [0.25, 0.3) is 11.3 Å². The van der Waals surface area contributed by atoms with Crippen molar-refractivity contribution in [1.29, 1.82) is 0 Å². The number of fused-ring (bicyclic) bond motifs is 3. The lowest BCUT2D eigenvalue weighted by Gasteiger charge is -2.35. The van der Waals surface area contributed by atoms with Gasteiger partial charge in [-0.3, -0.25) is 4.79 Å². The Hall–Kier alpha value is -2.91. The summed E-state index contributed by atoms with van der Waals surface area (Å²) in [7, 11) is 0. The number of alkyl halides is 3. The lowest BCUT2D eigenvalue weighted by atomic mass is 9.85. The molecule has 6 nitrogen and oxygen atoms in total. The molecule has 4 rings (SSSR count). The van der Waals surface area contributed by atoms with E-state index in [9.17, 15) is 22.4 Å². The zero-order valence-electron chi connectivity index (χ0n) is 15.5. The summed E-state index contributed by atoms with van der Waals surface area (Å²) in [6, 6.07) is 5.27. The molecule has 0 bridgehead atoms. The second-order valence-corrected chi connectivity index (χ2v) is 6.98. The van der Waals surface area contributed by atoms with Crippen molar-refractivity contribution in [3.05, 3.63) is 42.1 Å². The first-order valence-corrected chi connectivity index (χ1v) is 8.97. The molecule has 1 fully saturated rings. The van der Waals surface area contributed by atoms with Gasteiger partial charge in [-0.2, -0.15) is 13.2 Å². The number of hydrogen-bond acceptors (Lipinski definition) is 3. The van der Waals surface area contributed by atoms with E-state index in [1.165, 1.54) is 6.07 Å². The average Bonchev–Trinajstić information content (AvgIpc) is 3.23. The first kappa shape index (κ1) is 20.8. The Morgan fingerprint density at radius 1 is 1.21 bits per heavy atom. The van der Waals surface area contributed by atoms with Crippen molar-refractivity contribution >= 4 is 11.9 Å². The van der Waals surface area contributed by atoms with E-state index in [1.807, 2.05) is 17.2 Å². The van der Waals surface area contributed by atoms with Gasteiger partial charge in [0.25, 0.3) is 0 Å². The second kappa shape index (κ2) is 7.84. The van der Waals surface area contributed by atoms with Crippen LogP contribution in [0.1, 0.15) is 31.4 Å². The maximum absolute atomic E-state index is 14.4. The van der Waals surface area contributed by atoms with Crippen molar-refractivity contribution < 1.29 is 32.3 Å². The summed E-state index contributed by atoms with van der Waals surface area (Å²) in [6.45, 7) is 3.12. The van der Waals surface area contributed by atoms with Gasteiger partial charge >= 0.3 is 12.1 Å². The molecular formula is C19H19F4N3O3. The normalized spacial score (nSPS) is 18.5. The van der Waals surface area contributed by atoms with E-state index >= 15 is 0 Å². The number of amides is 1. The fourth-order valence-electron chi connectivity index (χ4n) is 3.93. The lowest BCUT2D eigenvalue weighted by molar-refractivity contribution is -0.192. The number of aliphatic carboxylic acids is 1. The lowest BCUT2D eigenvalue weighted by Crippen LogP contribution is -2.39. The number of carbonyl (C=O) groups is 2. The van der Waals surface area contributed by atoms with Crippen LogP contribution in [0.4, 0.5) is 17.6 Å². The van der Waals surface area contributed by atoms with Crippen LogP contribution >= 0.6 is 0 Å². The SMILES string of the molecule is CC(=O)N1CCC(C2c3c(F)cccc3-c3cncn32)CC1.O=C(O)C(F)(F)F. The average molecular weight is 413 g/mol. The highest BCUT2D eigenvalue weighted by Gasteiger charge is 2.39. The number of halogens is 4. The van der Waals surface area contributed by atoms with Crippen molar-refractivity contribution in [2.75, 3.05) is 13.1 Å². The number of imidazole rings is 1. The van der Waals surface area contributed by atoms with E-state index in [1.54, 1.807) is 19.3 Å². The standard InChI is InChI=1S/C17H18FN3O.C2HF3O2/c1-11(22)20-7-5-12(6-8-20)17-16-13(3-2-4-14(16)18)15-9-19-10-21(15)17;3-2(4,5)1(6)7/h2-4,9-10,12,17H,5-8H2,1H3;(H,6,7). The molecule has 1 N–H and O–H groups in total. The molecule has 0 aliphatic carbocycles. The maximum atomic E-state index is 14.4. The van der Waals surface area contributed by atoms with Gasteiger partial charge in [0.2, 0.25) is 5.91 Å². The molecule has 2 aliphatic rings. The molecule has 1 amide bonds. The first-order chi connectivity index (χ1) is 13.6. The minimum absolute atomic E-state index is 0.00260. The Bertz CT molecular complexity index is 918. The molecule has 10 heteroatoms. The number of carbonyl (C=O) groups excluding carboxylic acids is 1. The number of nitrogens with zero attached hydrogens (tertiary/aromatic N) is 3. The van der Waals surface area contributed by atoms with Gasteiger partial charge in [-0.15, -0.1) is 0 Å². The third-order valence-electron chi connectivity index (χ3n) is 5.26. The molecular weight excluding hydrogens is 394 g/mol. The Morgan fingerprint density at radius 2 is 1.83 bits per heavy atom. The van der Waals surface area contributed by atoms with Crippen molar-refractivity contribution in [2.45, 2.75) is 32.0 Å². The predicted molar refractivity (Wildman–Crippen MR) is 94.4 cm³/mol. The van der Waals surface area contributed by atoms with Gasteiger partial charge in [0.15, 0.2) is 0 Å². The Kier molecular flexibility index (Phi) is 5.63. The number of carboxylic acid groups (broad SMARTS) is 1. The number of hydrogen-bond donors (Lipinski definition) is 1. The third kappa shape index (κ3) is 4.10. The van der Waals surface area contributed by atoms with Gasteiger partial charge in [0.1, 0.15) is 5.82 Å². The fraction of sp³-hybridized carbons (Fsp3) is 0.421. The summed E-state index contributed by atoms with van der Waals surface area (Å²) < 4.78 is 48.3. The van der Waals surface area contributed by atoms with E-state index in [2.05, 4.69) is 9.55 Å². The minimum Gasteiger partial charge on any atom is -0.475 e. The fourth-order valence-corrected chi connectivity index (χ4v) is 3.93. The summed E-state index contributed by atoms with van der Waals surface area (Å²) >= 11 is 0. The van der Waals surface area contributed by atoms with Crippen molar-refractivity contribution in [2.24, 2.45) is 5.92 Å². The van der Waals surface area contributed by atoms with Gasteiger partial charge in [0.05, 0.1) is 24.3 Å². The van der Waals surface area contributed by atoms with Crippen LogP contribution in [0, 0.1) is 11.7 Å². The number of carboxylic acids is 1. The Balaban J connectivity index is 0.000000298. The maximum Gasteiger partial charge on any atom is 0.490 e. The highest BCUT2D eigenvalue weighted by atomic mass is 19.4. The molecule has 1 unspecified atom stereocenters. The van der Waals surface area contributed by atoms with Crippen LogP contribution in [-0.2, 0) is 9.59 Å². The van der Waals surface area contributed by atoms with Gasteiger partial charge in [-0.05, 0) is 24.8 Å². The minimum atomic E-state index is -5.08. The summed E-state index contributed by atoms with van der Waals surface area (Å²) in [6.07, 6.45) is 0.324. The highest BCUT2D eigenvalue weighted by molar-refractivity contribution is 5.73. The van der Waals surface area contributed by atoms with Gasteiger partial charge in [-0.25, -0.2) is 14.2 Å². The van der Waals surface area contributed by atoms with Crippen molar-refractivity contribution in [3.63, 3.8) is 0 Å². The second-order valence-electron chi connectivity index (χ2n) is 6.98. The smallest absolute Gasteiger partial charge is 0.475 e. The van der Waals surface area contributed by atoms with Gasteiger partial charge < -0.3 is 14.6 Å². The van der Waals surface area contributed by atoms with E-state index in [4.69, 9.17) is 9.90 Å². The molecule has 1 atom stereocenters. The molecule has 0 spiro atoms. The van der Waals surface area contributed by atoms with E-state index < -0.39 is 12.1 Å². The zero-order chi connectivity index (χ0) is 21.3. The number of benzene rings is 1. The number of likely N-dealkylation sites (tertiary alicyclic amines) is 1. The molecule has 2 aliphatic heterocycles. The summed E-state index contributed by atoms with van der Waals surface area (Å²) in [5.74, 6) is -2.44. The molecule has 3 heterocycles. The molecule has 156 valence electrons.